The number of halogens is 3. The van der Waals surface area contributed by atoms with Gasteiger partial charge in [-0.15, -0.1) is 0 Å². The van der Waals surface area contributed by atoms with Crippen molar-refractivity contribution in [3.05, 3.63) is 54.4 Å². The third-order valence-electron chi connectivity index (χ3n) is 4.31. The van der Waals surface area contributed by atoms with Crippen molar-refractivity contribution >= 4 is 16.0 Å². The summed E-state index contributed by atoms with van der Waals surface area (Å²) in [6.07, 6.45) is -4.51. The highest BCUT2D eigenvalue weighted by Gasteiger charge is 2.56. The number of carboxylic acid groups (broad SMARTS) is 1. The zero-order valence-electron chi connectivity index (χ0n) is 15.2. The highest BCUT2D eigenvalue weighted by Crippen LogP contribution is 2.38. The van der Waals surface area contributed by atoms with Crippen molar-refractivity contribution in [1.29, 1.82) is 0 Å². The first-order chi connectivity index (χ1) is 13.4. The van der Waals surface area contributed by atoms with Crippen LogP contribution in [0, 0.1) is 0 Å². The van der Waals surface area contributed by atoms with E-state index in [1.54, 1.807) is 35.1 Å². The highest BCUT2D eigenvalue weighted by atomic mass is 32.2. The lowest BCUT2D eigenvalue weighted by Gasteiger charge is -2.30. The van der Waals surface area contributed by atoms with Gasteiger partial charge in [0, 0.05) is 11.8 Å². The van der Waals surface area contributed by atoms with Crippen LogP contribution in [0.1, 0.15) is 19.0 Å². The van der Waals surface area contributed by atoms with Crippen molar-refractivity contribution in [2.75, 3.05) is 6.54 Å². The van der Waals surface area contributed by atoms with Gasteiger partial charge in [0.15, 0.2) is 5.25 Å². The van der Waals surface area contributed by atoms with E-state index in [2.05, 4.69) is 4.98 Å². The first kappa shape index (κ1) is 22.8. The summed E-state index contributed by atoms with van der Waals surface area (Å²) in [6.45, 7) is -0.252. The molecule has 2 rings (SSSR count). The molecule has 0 fully saturated rings. The molecule has 2 aromatic rings. The molecule has 0 saturated carbocycles. The number of rotatable bonds is 8. The predicted octanol–water partition coefficient (Wildman–Crippen LogP) is 2.28. The maximum atomic E-state index is 13.6. The van der Waals surface area contributed by atoms with Crippen molar-refractivity contribution in [2.45, 2.75) is 30.4 Å². The van der Waals surface area contributed by atoms with Crippen LogP contribution < -0.4 is 4.72 Å². The number of nitrogens with zero attached hydrogens (tertiary/aromatic N) is 1. The van der Waals surface area contributed by atoms with E-state index in [1.807, 2.05) is 0 Å². The number of hydrogen-bond acceptors (Lipinski definition) is 5. The summed E-state index contributed by atoms with van der Waals surface area (Å²) >= 11 is 0. The monoisotopic (exact) mass is 432 g/mol. The van der Waals surface area contributed by atoms with Gasteiger partial charge in [-0.05, 0) is 18.1 Å². The smallest absolute Gasteiger partial charge is 0.424 e. The fourth-order valence-corrected chi connectivity index (χ4v) is 3.92. The van der Waals surface area contributed by atoms with Crippen LogP contribution in [0.2, 0.25) is 0 Å². The number of pyridine rings is 1. The van der Waals surface area contributed by atoms with Crippen LogP contribution >= 0.6 is 0 Å². The lowest BCUT2D eigenvalue weighted by molar-refractivity contribution is -0.264. The summed E-state index contributed by atoms with van der Waals surface area (Å²) in [6, 6.07) is 10.9. The summed E-state index contributed by atoms with van der Waals surface area (Å²) in [4.78, 5) is 14.7. The van der Waals surface area contributed by atoms with Gasteiger partial charge in [0.05, 0.1) is 12.2 Å². The third-order valence-corrected chi connectivity index (χ3v) is 6.14. The van der Waals surface area contributed by atoms with Crippen LogP contribution in [0.25, 0.3) is 11.1 Å². The normalized spacial score (nSPS) is 15.5. The molecule has 0 saturated heterocycles. The van der Waals surface area contributed by atoms with Crippen molar-refractivity contribution in [3.63, 3.8) is 0 Å². The first-order valence-corrected chi connectivity index (χ1v) is 9.99. The van der Waals surface area contributed by atoms with E-state index in [0.29, 0.717) is 11.1 Å². The van der Waals surface area contributed by atoms with Crippen LogP contribution in [0.3, 0.4) is 0 Å². The average molecular weight is 432 g/mol. The molecule has 2 unspecified atom stereocenters. The van der Waals surface area contributed by atoms with Gasteiger partial charge < -0.3 is 10.2 Å². The summed E-state index contributed by atoms with van der Waals surface area (Å²) in [5, 5.41) is 17.3. The Labute approximate surface area is 165 Å². The standard InChI is InChI=1S/C18H19F3N2O5S/c1-2-14(16(24)25)29(27,28)23-11-17(26,18(19,20)21)15-9-8-13(10-22-15)12-6-4-3-5-7-12/h3-10,14,23,26H,2,11H2,1H3,(H,24,25). The summed E-state index contributed by atoms with van der Waals surface area (Å²) in [5.41, 5.74) is -3.28. The number of aromatic nitrogens is 1. The lowest BCUT2D eigenvalue weighted by Crippen LogP contribution is -2.53. The molecule has 1 heterocycles. The molecule has 0 bridgehead atoms. The van der Waals surface area contributed by atoms with Crippen molar-refractivity contribution in [3.8, 4) is 11.1 Å². The Morgan fingerprint density at radius 1 is 1.14 bits per heavy atom. The van der Waals surface area contributed by atoms with Crippen molar-refractivity contribution in [2.24, 2.45) is 0 Å². The summed E-state index contributed by atoms with van der Waals surface area (Å²) < 4.78 is 66.4. The molecule has 3 N–H and O–H groups in total. The van der Waals surface area contributed by atoms with E-state index in [9.17, 15) is 31.5 Å². The largest absolute Gasteiger partial charge is 0.480 e. The molecule has 1 aromatic carbocycles. The van der Waals surface area contributed by atoms with Gasteiger partial charge in [0.2, 0.25) is 15.6 Å². The van der Waals surface area contributed by atoms with Crippen molar-refractivity contribution in [1.82, 2.24) is 9.71 Å². The third kappa shape index (κ3) is 4.92. The maximum absolute atomic E-state index is 13.6. The number of alkyl halides is 3. The number of sulfonamides is 1. The fourth-order valence-electron chi connectivity index (χ4n) is 2.61. The van der Waals surface area contributed by atoms with Crippen LogP contribution in [0.5, 0.6) is 0 Å². The molecule has 0 radical (unpaired) electrons. The van der Waals surface area contributed by atoms with Gasteiger partial charge >= 0.3 is 12.1 Å². The van der Waals surface area contributed by atoms with Gasteiger partial charge in [0.25, 0.3) is 0 Å². The maximum Gasteiger partial charge on any atom is 0.424 e. The van der Waals surface area contributed by atoms with Crippen molar-refractivity contribution < 1.29 is 36.6 Å². The van der Waals surface area contributed by atoms with Crippen LogP contribution in [0.4, 0.5) is 13.2 Å². The molecule has 7 nitrogen and oxygen atoms in total. The number of aliphatic carboxylic acids is 1. The second kappa shape index (κ2) is 8.47. The minimum atomic E-state index is -5.28. The predicted molar refractivity (Wildman–Crippen MR) is 98.3 cm³/mol. The first-order valence-electron chi connectivity index (χ1n) is 8.44. The molecule has 0 aliphatic heterocycles. The number of nitrogens with one attached hydrogen (secondary N) is 1. The van der Waals surface area contributed by atoms with Gasteiger partial charge in [-0.1, -0.05) is 43.3 Å². The van der Waals surface area contributed by atoms with Gasteiger partial charge in [0.1, 0.15) is 0 Å². The number of aliphatic hydroxyl groups is 1. The van der Waals surface area contributed by atoms with E-state index in [0.717, 1.165) is 12.3 Å². The van der Waals surface area contributed by atoms with E-state index in [4.69, 9.17) is 5.11 Å². The minimum absolute atomic E-state index is 0.362. The average Bonchev–Trinajstić information content (AvgIpc) is 2.66. The zero-order valence-corrected chi connectivity index (χ0v) is 16.0. The number of hydrogen-bond donors (Lipinski definition) is 3. The van der Waals surface area contributed by atoms with Crippen LogP contribution in [-0.4, -0.2) is 47.6 Å². The lowest BCUT2D eigenvalue weighted by atomic mass is 9.97. The topological polar surface area (TPSA) is 117 Å². The van der Waals surface area contributed by atoms with E-state index in [-0.39, 0.29) is 6.42 Å². The molecule has 11 heteroatoms. The Hall–Kier alpha value is -2.50. The number of benzene rings is 1. The Morgan fingerprint density at radius 3 is 2.21 bits per heavy atom. The zero-order chi connectivity index (χ0) is 21.9. The van der Waals surface area contributed by atoms with Gasteiger partial charge in [-0.25, -0.2) is 13.1 Å². The second-order valence-corrected chi connectivity index (χ2v) is 8.21. The Bertz CT molecular complexity index is 950. The molecular formula is C18H19F3N2O5S. The quantitative estimate of drug-likeness (QED) is 0.589. The molecule has 2 atom stereocenters. The van der Waals surface area contributed by atoms with Crippen LogP contribution in [0.15, 0.2) is 48.7 Å². The van der Waals surface area contributed by atoms with Gasteiger partial charge in [-0.3, -0.25) is 9.78 Å². The van der Waals surface area contributed by atoms with Crippen LogP contribution in [-0.2, 0) is 20.4 Å². The fraction of sp³-hybridized carbons (Fsp3) is 0.333. The SMILES string of the molecule is CCC(C(=O)O)S(=O)(=O)NCC(O)(c1ccc(-c2ccccc2)cn1)C(F)(F)F. The molecule has 0 aliphatic carbocycles. The Kier molecular flexibility index (Phi) is 6.66. The Balaban J connectivity index is 2.35. The second-order valence-electron chi connectivity index (χ2n) is 6.26. The van der Waals surface area contributed by atoms with E-state index >= 15 is 0 Å². The molecule has 158 valence electrons. The molecule has 0 amide bonds. The molecule has 0 spiro atoms. The number of carbonyl (C=O) groups is 1. The minimum Gasteiger partial charge on any atom is -0.480 e. The highest BCUT2D eigenvalue weighted by molar-refractivity contribution is 7.90. The number of carboxylic acids is 1. The molecule has 1 aromatic heterocycles. The summed E-state index contributed by atoms with van der Waals surface area (Å²) in [7, 11) is -4.66. The molecule has 0 aliphatic rings. The molecular weight excluding hydrogens is 413 g/mol. The van der Waals surface area contributed by atoms with E-state index < -0.39 is 45.3 Å². The molecule has 29 heavy (non-hydrogen) atoms. The summed E-state index contributed by atoms with van der Waals surface area (Å²) in [5.74, 6) is -1.71. The van der Waals surface area contributed by atoms with E-state index in [1.165, 1.54) is 13.0 Å². The van der Waals surface area contributed by atoms with Gasteiger partial charge in [-0.2, -0.15) is 13.2 Å². The Morgan fingerprint density at radius 2 is 1.76 bits per heavy atom.